The molecule has 3 aliphatic carbocycles. The first kappa shape index (κ1) is 29.4. The third kappa shape index (κ3) is 3.81. The Morgan fingerprint density at radius 3 is 1.93 bits per heavy atom. The molecule has 0 amide bonds. The lowest BCUT2D eigenvalue weighted by molar-refractivity contribution is 0.403. The highest BCUT2D eigenvalue weighted by molar-refractivity contribution is 6.93. The molecule has 0 bridgehead atoms. The van der Waals surface area contributed by atoms with E-state index in [-0.39, 0.29) is 33.8 Å². The van der Waals surface area contributed by atoms with Crippen molar-refractivity contribution in [1.82, 2.24) is 0 Å². The van der Waals surface area contributed by atoms with Crippen LogP contribution in [0.15, 0.2) is 77.8 Å². The lowest BCUT2D eigenvalue weighted by atomic mass is 9.28. The summed E-state index contributed by atoms with van der Waals surface area (Å²) >= 11 is 0. The number of hydrogen-bond acceptors (Lipinski definition) is 1. The van der Waals surface area contributed by atoms with E-state index in [2.05, 4.69) is 148 Å². The van der Waals surface area contributed by atoms with E-state index in [4.69, 9.17) is 0 Å². The van der Waals surface area contributed by atoms with E-state index >= 15 is 0 Å². The van der Waals surface area contributed by atoms with Crippen LogP contribution in [0.1, 0.15) is 123 Å². The van der Waals surface area contributed by atoms with Gasteiger partial charge in [-0.2, -0.15) is 0 Å². The van der Waals surface area contributed by atoms with E-state index in [1.165, 1.54) is 46.3 Å². The van der Waals surface area contributed by atoms with Crippen molar-refractivity contribution in [3.8, 4) is 0 Å². The van der Waals surface area contributed by atoms with Crippen molar-refractivity contribution in [1.29, 1.82) is 0 Å². The largest absolute Gasteiger partial charge is 0.335 e. The Morgan fingerprint density at radius 1 is 0.667 bits per heavy atom. The third-order valence-electron chi connectivity index (χ3n) is 12.9. The Kier molecular flexibility index (Phi) is 5.80. The fourth-order valence-electron chi connectivity index (χ4n) is 11.4. The molecule has 2 aliphatic heterocycles. The summed E-state index contributed by atoms with van der Waals surface area (Å²) in [5.41, 5.74) is 17.3. The molecular formula is C43H52BN. The van der Waals surface area contributed by atoms with Crippen molar-refractivity contribution >= 4 is 29.0 Å². The molecule has 0 fully saturated rings. The molecule has 0 N–H and O–H groups in total. The number of allylic oxidation sites excluding steroid dienone is 2. The Bertz CT molecular complexity index is 1840. The Morgan fingerprint density at radius 2 is 1.27 bits per heavy atom. The van der Waals surface area contributed by atoms with Crippen LogP contribution in [0.4, 0.5) is 11.4 Å². The number of benzene rings is 3. The van der Waals surface area contributed by atoms with Gasteiger partial charge in [-0.05, 0) is 98.0 Å². The zero-order valence-electron chi connectivity index (χ0n) is 29.7. The lowest BCUT2D eigenvalue weighted by Crippen LogP contribution is -2.63. The zero-order valence-corrected chi connectivity index (χ0v) is 29.7. The van der Waals surface area contributed by atoms with Crippen molar-refractivity contribution < 1.29 is 0 Å². The van der Waals surface area contributed by atoms with Gasteiger partial charge in [-0.15, -0.1) is 0 Å². The molecule has 8 rings (SSSR count). The maximum Gasteiger partial charge on any atom is 0.242 e. The molecule has 0 saturated carbocycles. The first-order valence-electron chi connectivity index (χ1n) is 17.6. The monoisotopic (exact) mass is 593 g/mol. The number of fused-ring (bicyclic) bond motifs is 6. The number of rotatable bonds is 2. The maximum absolute atomic E-state index is 2.83. The SMILES string of the molecule is CCC1C=CC2=C3B(c4cc5c(cc4N(c4ccc6c(c4)C(C)(C)CC6(C)C)C31)C(C)(C)CC5(C)C)c1ccccc1C2(C)C. The second-order valence-electron chi connectivity index (χ2n) is 18.3. The first-order chi connectivity index (χ1) is 21.0. The Balaban J connectivity index is 1.48. The van der Waals surface area contributed by atoms with Crippen LogP contribution in [0.2, 0.25) is 0 Å². The first-order valence-corrected chi connectivity index (χ1v) is 17.6. The van der Waals surface area contributed by atoms with Gasteiger partial charge in [0.2, 0.25) is 6.71 Å². The summed E-state index contributed by atoms with van der Waals surface area (Å²) < 4.78 is 0. The topological polar surface area (TPSA) is 3.24 Å². The minimum Gasteiger partial charge on any atom is -0.335 e. The standard InChI is InChI=1S/C43H52BN/c1-12-26-17-19-30-37-38(26)45(27-18-20-28-31(21-27)40(4,5)24-39(28,2)3)36-23-33-32(41(6,7)25-42(33,8)9)22-35(36)44(37)34-16-14-13-15-29(34)43(30,10)11/h13-23,26,38H,12,24-25H2,1-11H3. The molecule has 3 aromatic carbocycles. The number of nitrogens with zero attached hydrogens (tertiary/aromatic N) is 1. The highest BCUT2D eigenvalue weighted by Gasteiger charge is 2.53. The van der Waals surface area contributed by atoms with Crippen LogP contribution >= 0.6 is 0 Å². The summed E-state index contributed by atoms with van der Waals surface area (Å²) in [6.07, 6.45) is 8.60. The van der Waals surface area contributed by atoms with E-state index in [0.29, 0.717) is 12.0 Å². The fourth-order valence-corrected chi connectivity index (χ4v) is 11.4. The third-order valence-corrected chi connectivity index (χ3v) is 12.9. The van der Waals surface area contributed by atoms with Gasteiger partial charge >= 0.3 is 0 Å². The molecule has 0 spiro atoms. The van der Waals surface area contributed by atoms with Gasteiger partial charge < -0.3 is 4.90 Å². The lowest BCUT2D eigenvalue weighted by Gasteiger charge is -2.53. The van der Waals surface area contributed by atoms with Crippen molar-refractivity contribution in [3.63, 3.8) is 0 Å². The van der Waals surface area contributed by atoms with E-state index in [9.17, 15) is 0 Å². The van der Waals surface area contributed by atoms with Crippen LogP contribution in [0.25, 0.3) is 0 Å². The average Bonchev–Trinajstić information content (AvgIpc) is 3.27. The van der Waals surface area contributed by atoms with Crippen LogP contribution in [0.5, 0.6) is 0 Å². The van der Waals surface area contributed by atoms with E-state index in [0.717, 1.165) is 6.42 Å². The van der Waals surface area contributed by atoms with Crippen LogP contribution in [-0.4, -0.2) is 12.8 Å². The van der Waals surface area contributed by atoms with Gasteiger partial charge in [0.1, 0.15) is 0 Å². The maximum atomic E-state index is 2.83. The molecule has 45 heavy (non-hydrogen) atoms. The van der Waals surface area contributed by atoms with Crippen molar-refractivity contribution in [2.45, 2.75) is 129 Å². The second kappa shape index (κ2) is 8.87. The minimum atomic E-state index is -0.0407. The molecular weight excluding hydrogens is 541 g/mol. The van der Waals surface area contributed by atoms with Crippen LogP contribution < -0.4 is 15.8 Å². The number of hydrogen-bond donors (Lipinski definition) is 0. The molecule has 5 aliphatic rings. The molecule has 0 aromatic heterocycles. The summed E-state index contributed by atoms with van der Waals surface area (Å²) in [7, 11) is 0. The highest BCUT2D eigenvalue weighted by Crippen LogP contribution is 2.55. The van der Waals surface area contributed by atoms with Crippen molar-refractivity contribution in [3.05, 3.63) is 106 Å². The van der Waals surface area contributed by atoms with Gasteiger partial charge in [0, 0.05) is 22.7 Å². The summed E-state index contributed by atoms with van der Waals surface area (Å²) in [6, 6.07) is 22.6. The number of anilines is 2. The van der Waals surface area contributed by atoms with Crippen molar-refractivity contribution in [2.75, 3.05) is 4.90 Å². The van der Waals surface area contributed by atoms with Gasteiger partial charge in [0.25, 0.3) is 0 Å². The molecule has 232 valence electrons. The summed E-state index contributed by atoms with van der Waals surface area (Å²) in [6.45, 7) is 27.3. The smallest absolute Gasteiger partial charge is 0.242 e. The Hall–Kier alpha value is -3.00. The van der Waals surface area contributed by atoms with Crippen LogP contribution in [-0.2, 0) is 27.1 Å². The molecule has 0 saturated heterocycles. The van der Waals surface area contributed by atoms with Gasteiger partial charge in [-0.3, -0.25) is 0 Å². The van der Waals surface area contributed by atoms with E-state index in [1.54, 1.807) is 27.7 Å². The molecule has 1 nitrogen and oxygen atoms in total. The fraction of sp³-hybridized carbons (Fsp3) is 0.488. The quantitative estimate of drug-likeness (QED) is 0.268. The normalized spacial score (nSPS) is 26.6. The molecule has 2 unspecified atom stereocenters. The van der Waals surface area contributed by atoms with E-state index in [1.807, 2.05) is 0 Å². The van der Waals surface area contributed by atoms with Crippen molar-refractivity contribution in [2.24, 2.45) is 5.92 Å². The molecule has 2 heteroatoms. The second-order valence-corrected chi connectivity index (χ2v) is 18.3. The van der Waals surface area contributed by atoms with E-state index < -0.39 is 0 Å². The zero-order chi connectivity index (χ0) is 32.1. The molecule has 3 aromatic rings. The molecule has 2 atom stereocenters. The predicted molar refractivity (Wildman–Crippen MR) is 195 cm³/mol. The average molecular weight is 594 g/mol. The summed E-state index contributed by atoms with van der Waals surface area (Å²) in [4.78, 5) is 2.83. The molecule has 0 radical (unpaired) electrons. The Labute approximate surface area is 273 Å². The van der Waals surface area contributed by atoms with Gasteiger partial charge in [-0.1, -0.05) is 136 Å². The summed E-state index contributed by atoms with van der Waals surface area (Å²) in [5.74, 6) is 0.455. The minimum absolute atomic E-state index is 0.0407. The predicted octanol–water partition coefficient (Wildman–Crippen LogP) is 9.46. The summed E-state index contributed by atoms with van der Waals surface area (Å²) in [5, 5.41) is 0. The van der Waals surface area contributed by atoms with Gasteiger partial charge in [0.05, 0.1) is 6.04 Å². The van der Waals surface area contributed by atoms with Gasteiger partial charge in [0.15, 0.2) is 0 Å². The van der Waals surface area contributed by atoms with Crippen LogP contribution in [0, 0.1) is 5.92 Å². The molecule has 2 heterocycles. The highest BCUT2D eigenvalue weighted by atomic mass is 15.2. The van der Waals surface area contributed by atoms with Gasteiger partial charge in [-0.25, -0.2) is 0 Å². The van der Waals surface area contributed by atoms with Crippen LogP contribution in [0.3, 0.4) is 0 Å².